The second-order valence-corrected chi connectivity index (χ2v) is 8.30. The highest BCUT2D eigenvalue weighted by atomic mass is 35.5. The van der Waals surface area contributed by atoms with Gasteiger partial charge in [0.1, 0.15) is 6.07 Å². The van der Waals surface area contributed by atoms with Crippen LogP contribution in [0.4, 0.5) is 5.69 Å². The van der Waals surface area contributed by atoms with Gasteiger partial charge in [0.15, 0.2) is 0 Å². The maximum absolute atomic E-state index is 12.5. The second kappa shape index (κ2) is 6.23. The molecule has 0 saturated carbocycles. The Bertz CT molecular complexity index is 861. The van der Waals surface area contributed by atoms with Crippen molar-refractivity contribution in [1.29, 1.82) is 5.26 Å². The van der Waals surface area contributed by atoms with Crippen molar-refractivity contribution in [3.05, 3.63) is 58.6 Å². The fourth-order valence-corrected chi connectivity index (χ4v) is 3.28. The third-order valence-corrected chi connectivity index (χ3v) is 4.99. The number of nitrogens with one attached hydrogen (secondary N) is 1. The average molecular weight is 349 g/mol. The minimum atomic E-state index is -3.78. The molecule has 0 aromatic heterocycles. The van der Waals surface area contributed by atoms with Crippen molar-refractivity contribution >= 4 is 27.3 Å². The summed E-state index contributed by atoms with van der Waals surface area (Å²) in [6.07, 6.45) is 0. The Balaban J connectivity index is 2.37. The number of hydrogen-bond acceptors (Lipinski definition) is 3. The highest BCUT2D eigenvalue weighted by Gasteiger charge is 2.19. The summed E-state index contributed by atoms with van der Waals surface area (Å²) in [6, 6.07) is 13.1. The molecule has 0 aliphatic rings. The molecular weight excluding hydrogens is 332 g/mol. The SMILES string of the molecule is CC(C)(C)c1ccc(S(=O)(=O)Nc2cc(Cl)ccc2C#N)cc1. The minimum absolute atomic E-state index is 0.0589. The van der Waals surface area contributed by atoms with Crippen LogP contribution in [-0.2, 0) is 15.4 Å². The Hall–Kier alpha value is -2.03. The first-order chi connectivity index (χ1) is 10.6. The molecule has 6 heteroatoms. The maximum Gasteiger partial charge on any atom is 0.261 e. The van der Waals surface area contributed by atoms with Gasteiger partial charge < -0.3 is 0 Å². The van der Waals surface area contributed by atoms with E-state index >= 15 is 0 Å². The molecule has 120 valence electrons. The van der Waals surface area contributed by atoms with Gasteiger partial charge in [-0.2, -0.15) is 5.26 Å². The van der Waals surface area contributed by atoms with Crippen molar-refractivity contribution in [1.82, 2.24) is 0 Å². The van der Waals surface area contributed by atoms with Crippen LogP contribution in [0.25, 0.3) is 0 Å². The molecule has 0 fully saturated rings. The molecular formula is C17H17ClN2O2S. The zero-order chi connectivity index (χ0) is 17.3. The predicted octanol–water partition coefficient (Wildman–Crippen LogP) is 4.31. The maximum atomic E-state index is 12.5. The molecule has 1 N–H and O–H groups in total. The lowest BCUT2D eigenvalue weighted by Crippen LogP contribution is -2.15. The van der Waals surface area contributed by atoms with Gasteiger partial charge in [-0.25, -0.2) is 8.42 Å². The number of rotatable bonds is 3. The normalized spacial score (nSPS) is 11.8. The highest BCUT2D eigenvalue weighted by Crippen LogP contribution is 2.26. The summed E-state index contributed by atoms with van der Waals surface area (Å²) in [5.41, 5.74) is 1.36. The number of nitrogens with zero attached hydrogens (tertiary/aromatic N) is 1. The lowest BCUT2D eigenvalue weighted by atomic mass is 9.87. The van der Waals surface area contributed by atoms with Crippen molar-refractivity contribution < 1.29 is 8.42 Å². The largest absolute Gasteiger partial charge is 0.278 e. The van der Waals surface area contributed by atoms with Crippen molar-refractivity contribution in [2.75, 3.05) is 4.72 Å². The zero-order valence-electron chi connectivity index (χ0n) is 13.1. The van der Waals surface area contributed by atoms with Gasteiger partial charge in [-0.05, 0) is 41.3 Å². The highest BCUT2D eigenvalue weighted by molar-refractivity contribution is 7.92. The van der Waals surface area contributed by atoms with Crippen LogP contribution in [0.2, 0.25) is 5.02 Å². The third-order valence-electron chi connectivity index (χ3n) is 3.38. The van der Waals surface area contributed by atoms with Crippen molar-refractivity contribution in [3.63, 3.8) is 0 Å². The van der Waals surface area contributed by atoms with E-state index in [9.17, 15) is 8.42 Å². The van der Waals surface area contributed by atoms with Crippen LogP contribution >= 0.6 is 11.6 Å². The van der Waals surface area contributed by atoms with Crippen LogP contribution in [0.3, 0.4) is 0 Å². The van der Waals surface area contributed by atoms with Crippen molar-refractivity contribution in [3.8, 4) is 6.07 Å². The molecule has 0 heterocycles. The number of anilines is 1. The molecule has 0 bridgehead atoms. The zero-order valence-corrected chi connectivity index (χ0v) is 14.7. The van der Waals surface area contributed by atoms with Gasteiger partial charge in [-0.1, -0.05) is 44.5 Å². The van der Waals surface area contributed by atoms with E-state index < -0.39 is 10.0 Å². The van der Waals surface area contributed by atoms with E-state index in [0.29, 0.717) is 5.02 Å². The van der Waals surface area contributed by atoms with E-state index in [0.717, 1.165) is 5.56 Å². The third kappa shape index (κ3) is 4.04. The monoisotopic (exact) mass is 348 g/mol. The van der Waals surface area contributed by atoms with Gasteiger partial charge in [-0.15, -0.1) is 0 Å². The summed E-state index contributed by atoms with van der Waals surface area (Å²) >= 11 is 5.88. The van der Waals surface area contributed by atoms with E-state index in [-0.39, 0.29) is 21.6 Å². The van der Waals surface area contributed by atoms with Crippen LogP contribution in [0.5, 0.6) is 0 Å². The molecule has 2 aromatic rings. The molecule has 0 radical (unpaired) electrons. The van der Waals surface area contributed by atoms with Crippen LogP contribution in [-0.4, -0.2) is 8.42 Å². The first-order valence-electron chi connectivity index (χ1n) is 6.96. The molecule has 2 rings (SSSR count). The van der Waals surface area contributed by atoms with E-state index in [4.69, 9.17) is 16.9 Å². The van der Waals surface area contributed by atoms with Gasteiger partial charge in [-0.3, -0.25) is 4.72 Å². The van der Waals surface area contributed by atoms with Crippen LogP contribution in [0.15, 0.2) is 47.4 Å². The van der Waals surface area contributed by atoms with Gasteiger partial charge in [0, 0.05) is 5.02 Å². The fourth-order valence-electron chi connectivity index (χ4n) is 2.04. The minimum Gasteiger partial charge on any atom is -0.278 e. The number of halogens is 1. The molecule has 0 aliphatic carbocycles. The van der Waals surface area contributed by atoms with Gasteiger partial charge in [0.2, 0.25) is 0 Å². The molecule has 0 spiro atoms. The molecule has 0 atom stereocenters. The Labute approximate surface area is 141 Å². The number of sulfonamides is 1. The molecule has 2 aromatic carbocycles. The van der Waals surface area contributed by atoms with Gasteiger partial charge >= 0.3 is 0 Å². The molecule has 4 nitrogen and oxygen atoms in total. The number of benzene rings is 2. The quantitative estimate of drug-likeness (QED) is 0.898. The number of hydrogen-bond donors (Lipinski definition) is 1. The molecule has 0 aliphatic heterocycles. The average Bonchev–Trinajstić information content (AvgIpc) is 2.46. The summed E-state index contributed by atoms with van der Waals surface area (Å²) in [6.45, 7) is 6.17. The first kappa shape index (κ1) is 17.3. The Morgan fingerprint density at radius 3 is 2.22 bits per heavy atom. The summed E-state index contributed by atoms with van der Waals surface area (Å²) in [4.78, 5) is 0.134. The van der Waals surface area contributed by atoms with Crippen LogP contribution < -0.4 is 4.72 Å². The van der Waals surface area contributed by atoms with Gasteiger partial charge in [0.25, 0.3) is 10.0 Å². The van der Waals surface area contributed by atoms with E-state index in [1.54, 1.807) is 24.3 Å². The van der Waals surface area contributed by atoms with Crippen LogP contribution in [0, 0.1) is 11.3 Å². The fraction of sp³-hybridized carbons (Fsp3) is 0.235. The molecule has 23 heavy (non-hydrogen) atoms. The topological polar surface area (TPSA) is 70.0 Å². The molecule has 0 unspecified atom stereocenters. The van der Waals surface area contributed by atoms with E-state index in [1.165, 1.54) is 18.2 Å². The standard InChI is InChI=1S/C17H17ClN2O2S/c1-17(2,3)13-5-8-15(9-6-13)23(21,22)20-16-10-14(18)7-4-12(16)11-19/h4-10,20H,1-3H3. The van der Waals surface area contributed by atoms with Gasteiger partial charge in [0.05, 0.1) is 16.1 Å². The summed E-state index contributed by atoms with van der Waals surface area (Å²) in [7, 11) is -3.78. The summed E-state index contributed by atoms with van der Waals surface area (Å²) < 4.78 is 27.4. The summed E-state index contributed by atoms with van der Waals surface area (Å²) in [5, 5.41) is 9.43. The Morgan fingerprint density at radius 2 is 1.70 bits per heavy atom. The van der Waals surface area contributed by atoms with Crippen molar-refractivity contribution in [2.24, 2.45) is 0 Å². The lowest BCUT2D eigenvalue weighted by Gasteiger charge is -2.19. The molecule has 0 amide bonds. The Morgan fingerprint density at radius 1 is 1.09 bits per heavy atom. The predicted molar refractivity (Wildman–Crippen MR) is 92.1 cm³/mol. The smallest absolute Gasteiger partial charge is 0.261 e. The summed E-state index contributed by atoms with van der Waals surface area (Å²) in [5.74, 6) is 0. The first-order valence-corrected chi connectivity index (χ1v) is 8.82. The molecule has 0 saturated heterocycles. The Kier molecular flexibility index (Phi) is 4.69. The number of nitriles is 1. The van der Waals surface area contributed by atoms with E-state index in [1.807, 2.05) is 6.07 Å². The van der Waals surface area contributed by atoms with Crippen LogP contribution in [0.1, 0.15) is 31.9 Å². The lowest BCUT2D eigenvalue weighted by molar-refractivity contribution is 0.587. The van der Waals surface area contributed by atoms with Crippen molar-refractivity contribution in [2.45, 2.75) is 31.1 Å². The van der Waals surface area contributed by atoms with E-state index in [2.05, 4.69) is 25.5 Å². The second-order valence-electron chi connectivity index (χ2n) is 6.18.